The molecule has 2 fully saturated rings. The first-order chi connectivity index (χ1) is 11.8. The van der Waals surface area contributed by atoms with Crippen molar-refractivity contribution in [2.75, 3.05) is 5.32 Å². The molecule has 0 spiro atoms. The van der Waals surface area contributed by atoms with Gasteiger partial charge in [0.2, 0.25) is 5.91 Å². The molecule has 0 unspecified atom stereocenters. The van der Waals surface area contributed by atoms with Gasteiger partial charge >= 0.3 is 0 Å². The van der Waals surface area contributed by atoms with Gasteiger partial charge in [0.1, 0.15) is 5.75 Å². The second-order valence-electron chi connectivity index (χ2n) is 6.78. The smallest absolute Gasteiger partial charge is 0.228 e. The van der Waals surface area contributed by atoms with E-state index in [2.05, 4.69) is 10.3 Å². The van der Waals surface area contributed by atoms with Crippen LogP contribution in [0.2, 0.25) is 0 Å². The molecule has 1 heterocycles. The first-order valence-electron chi connectivity index (χ1n) is 8.77. The molecule has 24 heavy (non-hydrogen) atoms. The number of rotatable bonds is 5. The molecule has 2 aliphatic rings. The van der Waals surface area contributed by atoms with E-state index in [-0.39, 0.29) is 11.8 Å². The summed E-state index contributed by atoms with van der Waals surface area (Å²) < 4.78 is 6.00. The Kier molecular flexibility index (Phi) is 4.20. The molecule has 0 aliphatic heterocycles. The molecular formula is C20H22N2O2. The van der Waals surface area contributed by atoms with E-state index >= 15 is 0 Å². The Bertz CT molecular complexity index is 711. The van der Waals surface area contributed by atoms with Crippen LogP contribution >= 0.6 is 0 Å². The SMILES string of the molecule is O=C(Nc1cccc(OC2CCCC2)c1)[C@H]1C[C@H]1c1cccnc1. The number of pyridine rings is 1. The summed E-state index contributed by atoms with van der Waals surface area (Å²) in [6, 6.07) is 11.7. The van der Waals surface area contributed by atoms with Crippen LogP contribution in [0.4, 0.5) is 5.69 Å². The summed E-state index contributed by atoms with van der Waals surface area (Å²) in [4.78, 5) is 16.6. The average molecular weight is 322 g/mol. The number of amides is 1. The molecule has 1 aromatic heterocycles. The normalized spacial score (nSPS) is 23.0. The van der Waals surface area contributed by atoms with Crippen LogP contribution in [0.25, 0.3) is 0 Å². The van der Waals surface area contributed by atoms with Gasteiger partial charge in [0.15, 0.2) is 0 Å². The summed E-state index contributed by atoms with van der Waals surface area (Å²) in [7, 11) is 0. The quantitative estimate of drug-likeness (QED) is 0.900. The lowest BCUT2D eigenvalue weighted by molar-refractivity contribution is -0.117. The van der Waals surface area contributed by atoms with Gasteiger partial charge in [0.05, 0.1) is 6.10 Å². The van der Waals surface area contributed by atoms with E-state index in [1.807, 2.05) is 42.6 Å². The molecule has 2 aliphatic carbocycles. The number of nitrogens with zero attached hydrogens (tertiary/aromatic N) is 1. The van der Waals surface area contributed by atoms with Crippen molar-refractivity contribution in [1.82, 2.24) is 4.98 Å². The highest BCUT2D eigenvalue weighted by Crippen LogP contribution is 2.47. The lowest BCUT2D eigenvalue weighted by atomic mass is 10.1. The van der Waals surface area contributed by atoms with Crippen molar-refractivity contribution in [2.45, 2.75) is 44.1 Å². The third-order valence-electron chi connectivity index (χ3n) is 4.95. The molecule has 124 valence electrons. The lowest BCUT2D eigenvalue weighted by Crippen LogP contribution is -2.15. The summed E-state index contributed by atoms with van der Waals surface area (Å²) >= 11 is 0. The van der Waals surface area contributed by atoms with E-state index in [4.69, 9.17) is 4.74 Å². The summed E-state index contributed by atoms with van der Waals surface area (Å²) in [6.45, 7) is 0. The van der Waals surface area contributed by atoms with Crippen LogP contribution in [0.5, 0.6) is 5.75 Å². The molecule has 2 saturated carbocycles. The minimum atomic E-state index is 0.0496. The number of hydrogen-bond acceptors (Lipinski definition) is 3. The molecule has 0 radical (unpaired) electrons. The van der Waals surface area contributed by atoms with Gasteiger partial charge in [-0.05, 0) is 61.8 Å². The molecule has 4 heteroatoms. The van der Waals surface area contributed by atoms with Crippen LogP contribution in [0.1, 0.15) is 43.6 Å². The second-order valence-corrected chi connectivity index (χ2v) is 6.78. The van der Waals surface area contributed by atoms with Gasteiger partial charge in [0.25, 0.3) is 0 Å². The Morgan fingerprint density at radius 3 is 2.83 bits per heavy atom. The highest BCUT2D eigenvalue weighted by molar-refractivity contribution is 5.95. The fourth-order valence-electron chi connectivity index (χ4n) is 3.53. The number of carbonyl (C=O) groups excluding carboxylic acids is 1. The highest BCUT2D eigenvalue weighted by Gasteiger charge is 2.44. The molecule has 1 aromatic carbocycles. The summed E-state index contributed by atoms with van der Waals surface area (Å²) in [5.74, 6) is 1.28. The van der Waals surface area contributed by atoms with Gasteiger partial charge in [0, 0.05) is 30.1 Å². The van der Waals surface area contributed by atoms with Crippen LogP contribution < -0.4 is 10.1 Å². The fourth-order valence-corrected chi connectivity index (χ4v) is 3.53. The number of benzene rings is 1. The molecule has 2 atom stereocenters. The minimum Gasteiger partial charge on any atom is -0.490 e. The number of hydrogen-bond donors (Lipinski definition) is 1. The average Bonchev–Trinajstić information content (AvgIpc) is 3.26. The van der Waals surface area contributed by atoms with E-state index in [1.54, 1.807) is 6.20 Å². The van der Waals surface area contributed by atoms with E-state index < -0.39 is 0 Å². The Labute approximate surface area is 142 Å². The summed E-state index contributed by atoms with van der Waals surface area (Å²) in [5, 5.41) is 3.03. The number of nitrogens with one attached hydrogen (secondary N) is 1. The van der Waals surface area contributed by atoms with Gasteiger partial charge in [-0.3, -0.25) is 9.78 Å². The first-order valence-corrected chi connectivity index (χ1v) is 8.77. The minimum absolute atomic E-state index is 0.0496. The van der Waals surface area contributed by atoms with Crippen LogP contribution in [-0.2, 0) is 4.79 Å². The van der Waals surface area contributed by atoms with E-state index in [1.165, 1.54) is 12.8 Å². The van der Waals surface area contributed by atoms with Gasteiger partial charge < -0.3 is 10.1 Å². The molecular weight excluding hydrogens is 300 g/mol. The maximum atomic E-state index is 12.4. The van der Waals surface area contributed by atoms with Crippen LogP contribution in [0, 0.1) is 5.92 Å². The van der Waals surface area contributed by atoms with E-state index in [9.17, 15) is 4.79 Å². The molecule has 0 saturated heterocycles. The number of aromatic nitrogens is 1. The third kappa shape index (κ3) is 3.42. The van der Waals surface area contributed by atoms with Crippen molar-refractivity contribution in [1.29, 1.82) is 0 Å². The fraction of sp³-hybridized carbons (Fsp3) is 0.400. The monoisotopic (exact) mass is 322 g/mol. The zero-order valence-corrected chi connectivity index (χ0v) is 13.7. The Hall–Kier alpha value is -2.36. The molecule has 1 amide bonds. The standard InChI is InChI=1S/C20H22N2O2/c23-20(19-12-18(19)14-5-4-10-21-13-14)22-15-6-3-9-17(11-15)24-16-7-1-2-8-16/h3-6,9-11,13,16,18-19H,1-2,7-8,12H2,(H,22,23)/t18-,19-/m0/s1. The lowest BCUT2D eigenvalue weighted by Gasteiger charge is -2.14. The number of anilines is 1. The Morgan fingerprint density at radius 1 is 1.17 bits per heavy atom. The maximum absolute atomic E-state index is 12.4. The zero-order valence-electron chi connectivity index (χ0n) is 13.7. The topological polar surface area (TPSA) is 51.2 Å². The van der Waals surface area contributed by atoms with Crippen molar-refractivity contribution in [3.63, 3.8) is 0 Å². The van der Waals surface area contributed by atoms with E-state index in [0.29, 0.717) is 12.0 Å². The van der Waals surface area contributed by atoms with Gasteiger partial charge in [-0.25, -0.2) is 0 Å². The van der Waals surface area contributed by atoms with Crippen molar-refractivity contribution in [2.24, 2.45) is 5.92 Å². The largest absolute Gasteiger partial charge is 0.490 e. The first kappa shape index (κ1) is 15.2. The third-order valence-corrected chi connectivity index (χ3v) is 4.95. The van der Waals surface area contributed by atoms with Gasteiger partial charge in [-0.2, -0.15) is 0 Å². The van der Waals surface area contributed by atoms with Gasteiger partial charge in [-0.1, -0.05) is 12.1 Å². The van der Waals surface area contributed by atoms with Crippen molar-refractivity contribution >= 4 is 11.6 Å². The van der Waals surface area contributed by atoms with Crippen molar-refractivity contribution < 1.29 is 9.53 Å². The molecule has 4 rings (SSSR count). The zero-order chi connectivity index (χ0) is 16.4. The van der Waals surface area contributed by atoms with Crippen LogP contribution in [-0.4, -0.2) is 17.0 Å². The molecule has 1 N–H and O–H groups in total. The molecule has 4 nitrogen and oxygen atoms in total. The summed E-state index contributed by atoms with van der Waals surface area (Å²) in [5.41, 5.74) is 1.96. The number of carbonyl (C=O) groups is 1. The van der Waals surface area contributed by atoms with Crippen molar-refractivity contribution in [3.05, 3.63) is 54.4 Å². The second kappa shape index (κ2) is 6.63. The number of ether oxygens (including phenoxy) is 1. The van der Waals surface area contributed by atoms with Crippen LogP contribution in [0.3, 0.4) is 0 Å². The molecule has 2 aromatic rings. The van der Waals surface area contributed by atoms with Crippen molar-refractivity contribution in [3.8, 4) is 5.75 Å². The summed E-state index contributed by atoms with van der Waals surface area (Å²) in [6.07, 6.45) is 9.60. The highest BCUT2D eigenvalue weighted by atomic mass is 16.5. The predicted molar refractivity (Wildman–Crippen MR) is 93.0 cm³/mol. The van der Waals surface area contributed by atoms with E-state index in [0.717, 1.165) is 36.3 Å². The maximum Gasteiger partial charge on any atom is 0.228 e. The molecule has 0 bridgehead atoms. The predicted octanol–water partition coefficient (Wildman–Crippen LogP) is 4.15. The Balaban J connectivity index is 1.36. The Morgan fingerprint density at radius 2 is 2.04 bits per heavy atom. The van der Waals surface area contributed by atoms with Gasteiger partial charge in [-0.15, -0.1) is 0 Å². The van der Waals surface area contributed by atoms with Crippen LogP contribution in [0.15, 0.2) is 48.8 Å².